The third-order valence-electron chi connectivity index (χ3n) is 16.6. The van der Waals surface area contributed by atoms with Crippen molar-refractivity contribution in [2.75, 3.05) is 19.8 Å². The van der Waals surface area contributed by atoms with E-state index in [2.05, 4.69) is 31.3 Å². The number of rotatable bonds is 61. The summed E-state index contributed by atoms with van der Waals surface area (Å²) in [5, 5.41) is 54.5. The van der Waals surface area contributed by atoms with E-state index in [1.54, 1.807) is 6.08 Å². The lowest BCUT2D eigenvalue weighted by molar-refractivity contribution is -0.302. The second-order valence-electron chi connectivity index (χ2n) is 24.2. The van der Waals surface area contributed by atoms with Crippen LogP contribution in [0, 0.1) is 0 Å². The summed E-state index contributed by atoms with van der Waals surface area (Å²) < 4.78 is 16.7. The molecule has 1 aliphatic heterocycles. The van der Waals surface area contributed by atoms with Gasteiger partial charge in [0.15, 0.2) is 6.29 Å². The number of aliphatic hydroxyl groups is 5. The van der Waals surface area contributed by atoms with E-state index < -0.39 is 49.5 Å². The number of amides is 1. The van der Waals surface area contributed by atoms with Crippen LogP contribution in [0.15, 0.2) is 24.3 Å². The van der Waals surface area contributed by atoms with Crippen LogP contribution in [0.25, 0.3) is 0 Å². The smallest absolute Gasteiger partial charge is 0.305 e. The van der Waals surface area contributed by atoms with Crippen LogP contribution >= 0.6 is 0 Å². The van der Waals surface area contributed by atoms with Crippen molar-refractivity contribution in [1.29, 1.82) is 0 Å². The fourth-order valence-electron chi connectivity index (χ4n) is 11.1. The number of esters is 1. The second-order valence-corrected chi connectivity index (χ2v) is 24.2. The van der Waals surface area contributed by atoms with Crippen molar-refractivity contribution in [3.63, 3.8) is 0 Å². The number of hydrogen-bond acceptors (Lipinski definition) is 10. The Morgan fingerprint density at radius 2 is 0.800 bits per heavy atom. The maximum Gasteiger partial charge on any atom is 0.305 e. The summed E-state index contributed by atoms with van der Waals surface area (Å²) in [5.41, 5.74) is 0. The van der Waals surface area contributed by atoms with E-state index in [4.69, 9.17) is 14.2 Å². The molecule has 0 spiro atoms. The SMILES string of the molecule is CCCCCCCCCCCCCC/C=C/C(O)C(COC1OC(CO)C(O)C(O)C1O)NC(=O)CCCCCCCCCCCCC/C=C\CCCCCCCCCCCCCCOC(=O)CCCCCCCCCCCCC. The minimum atomic E-state index is -1.57. The van der Waals surface area contributed by atoms with Gasteiger partial charge in [-0.25, -0.2) is 0 Å². The normalized spacial score (nSPS) is 18.4. The van der Waals surface area contributed by atoms with Crippen molar-refractivity contribution >= 4 is 11.9 Å². The highest BCUT2D eigenvalue weighted by atomic mass is 16.7. The zero-order chi connectivity index (χ0) is 58.0. The quantitative estimate of drug-likeness (QED) is 0.0195. The fraction of sp³-hybridized carbons (Fsp3) is 0.913. The number of ether oxygens (including phenoxy) is 3. The molecule has 472 valence electrons. The molecule has 1 heterocycles. The number of hydrogen-bond donors (Lipinski definition) is 6. The van der Waals surface area contributed by atoms with Gasteiger partial charge in [-0.05, 0) is 57.8 Å². The van der Waals surface area contributed by atoms with Crippen LogP contribution in [0.4, 0.5) is 0 Å². The number of carbonyl (C=O) groups excluding carboxylic acids is 2. The van der Waals surface area contributed by atoms with Gasteiger partial charge in [0.2, 0.25) is 5.91 Å². The van der Waals surface area contributed by atoms with Gasteiger partial charge in [-0.3, -0.25) is 9.59 Å². The molecule has 7 unspecified atom stereocenters. The van der Waals surface area contributed by atoms with E-state index in [1.165, 1.54) is 257 Å². The van der Waals surface area contributed by atoms with Crippen LogP contribution in [0.5, 0.6) is 0 Å². The first-order chi connectivity index (χ1) is 39.2. The Labute approximate surface area is 492 Å². The summed E-state index contributed by atoms with van der Waals surface area (Å²) >= 11 is 0. The van der Waals surface area contributed by atoms with Gasteiger partial charge in [0.1, 0.15) is 24.4 Å². The van der Waals surface area contributed by atoms with Crippen LogP contribution in [-0.2, 0) is 23.8 Å². The highest BCUT2D eigenvalue weighted by molar-refractivity contribution is 5.76. The highest BCUT2D eigenvalue weighted by Gasteiger charge is 2.44. The summed E-state index contributed by atoms with van der Waals surface area (Å²) in [4.78, 5) is 25.1. The molecule has 11 heteroatoms. The maximum absolute atomic E-state index is 13.1. The van der Waals surface area contributed by atoms with Crippen LogP contribution < -0.4 is 5.32 Å². The van der Waals surface area contributed by atoms with Gasteiger partial charge in [-0.2, -0.15) is 0 Å². The molecule has 1 amide bonds. The Balaban J connectivity index is 2.01. The van der Waals surface area contributed by atoms with Gasteiger partial charge in [0, 0.05) is 12.8 Å². The summed E-state index contributed by atoms with van der Waals surface area (Å²) in [7, 11) is 0. The van der Waals surface area contributed by atoms with Gasteiger partial charge in [0.05, 0.1) is 32.0 Å². The Morgan fingerprint density at radius 1 is 0.450 bits per heavy atom. The standard InChI is InChI=1S/C69H131NO10/c1-3-5-7-9-11-13-15-16-32-36-39-43-47-51-55-62(72)61(60-79-69-68(77)67(76)66(75)63(59-71)80-69)70-64(73)56-52-48-44-40-37-33-30-28-26-24-22-20-18-17-19-21-23-25-27-29-31-34-38-42-46-50-54-58-78-65(74)57-53-49-45-41-35-14-12-10-8-6-4-2/h17-18,51,55,61-63,66-69,71-72,75-77H,3-16,19-50,52-54,56-60H2,1-2H3,(H,70,73)/b18-17-,55-51+. The molecular weight excluding hydrogens is 1000 g/mol. The molecule has 1 aliphatic rings. The Kier molecular flexibility index (Phi) is 56.1. The lowest BCUT2D eigenvalue weighted by Crippen LogP contribution is -2.60. The highest BCUT2D eigenvalue weighted by Crippen LogP contribution is 2.23. The minimum Gasteiger partial charge on any atom is -0.466 e. The molecule has 7 atom stereocenters. The van der Waals surface area contributed by atoms with E-state index in [0.29, 0.717) is 19.4 Å². The van der Waals surface area contributed by atoms with Crippen LogP contribution in [0.3, 0.4) is 0 Å². The van der Waals surface area contributed by atoms with Crippen molar-refractivity contribution < 1.29 is 49.3 Å². The number of carbonyl (C=O) groups is 2. The number of allylic oxidation sites excluding steroid dienone is 3. The topological polar surface area (TPSA) is 175 Å². The van der Waals surface area contributed by atoms with Gasteiger partial charge in [0.25, 0.3) is 0 Å². The average molecular weight is 1130 g/mol. The number of aliphatic hydroxyl groups excluding tert-OH is 5. The zero-order valence-corrected chi connectivity index (χ0v) is 52.3. The molecule has 1 rings (SSSR count). The largest absolute Gasteiger partial charge is 0.466 e. The van der Waals surface area contributed by atoms with E-state index >= 15 is 0 Å². The van der Waals surface area contributed by atoms with Crippen molar-refractivity contribution in [2.45, 2.75) is 384 Å². The zero-order valence-electron chi connectivity index (χ0n) is 52.3. The van der Waals surface area contributed by atoms with Crippen molar-refractivity contribution in [2.24, 2.45) is 0 Å². The number of nitrogens with one attached hydrogen (secondary N) is 1. The molecule has 0 aromatic rings. The molecule has 0 saturated carbocycles. The molecule has 0 aromatic heterocycles. The minimum absolute atomic E-state index is 0.00574. The van der Waals surface area contributed by atoms with E-state index in [9.17, 15) is 35.1 Å². The van der Waals surface area contributed by atoms with Gasteiger partial charge in [-0.1, -0.05) is 295 Å². The van der Waals surface area contributed by atoms with E-state index in [1.807, 2.05) is 6.08 Å². The molecule has 0 aromatic carbocycles. The molecule has 1 saturated heterocycles. The van der Waals surface area contributed by atoms with Gasteiger partial charge in [-0.15, -0.1) is 0 Å². The third-order valence-corrected chi connectivity index (χ3v) is 16.6. The average Bonchev–Trinajstić information content (AvgIpc) is 3.47. The predicted octanol–water partition coefficient (Wildman–Crippen LogP) is 17.2. The molecule has 0 radical (unpaired) electrons. The Morgan fingerprint density at radius 3 is 1.20 bits per heavy atom. The second kappa shape index (κ2) is 58.9. The van der Waals surface area contributed by atoms with E-state index in [-0.39, 0.29) is 18.5 Å². The molecule has 0 bridgehead atoms. The van der Waals surface area contributed by atoms with Crippen molar-refractivity contribution in [3.8, 4) is 0 Å². The summed E-state index contributed by atoms with van der Waals surface area (Å²) in [6.07, 6.45) is 62.9. The van der Waals surface area contributed by atoms with Crippen LogP contribution in [-0.4, -0.2) is 100 Å². The molecule has 6 N–H and O–H groups in total. The summed E-state index contributed by atoms with van der Waals surface area (Å²) in [5.74, 6) is -0.174. The molecule has 0 aliphatic carbocycles. The maximum atomic E-state index is 13.1. The van der Waals surface area contributed by atoms with E-state index in [0.717, 1.165) is 57.8 Å². The fourth-order valence-corrected chi connectivity index (χ4v) is 11.1. The van der Waals surface area contributed by atoms with Gasteiger partial charge >= 0.3 is 5.97 Å². The van der Waals surface area contributed by atoms with Gasteiger partial charge < -0.3 is 45.1 Å². The Bertz CT molecular complexity index is 1380. The molecular formula is C69H131NO10. The lowest BCUT2D eigenvalue weighted by atomic mass is 9.99. The molecule has 80 heavy (non-hydrogen) atoms. The number of unbranched alkanes of at least 4 members (excludes halogenated alkanes) is 45. The molecule has 11 nitrogen and oxygen atoms in total. The van der Waals surface area contributed by atoms with Crippen LogP contribution in [0.2, 0.25) is 0 Å². The first-order valence-corrected chi connectivity index (χ1v) is 34.6. The van der Waals surface area contributed by atoms with Crippen molar-refractivity contribution in [1.82, 2.24) is 5.32 Å². The first kappa shape index (κ1) is 76.2. The monoisotopic (exact) mass is 1130 g/mol. The third kappa shape index (κ3) is 47.5. The lowest BCUT2D eigenvalue weighted by Gasteiger charge is -2.40. The molecule has 1 fully saturated rings. The summed E-state index contributed by atoms with van der Waals surface area (Å²) in [6, 6.07) is -0.810. The van der Waals surface area contributed by atoms with Crippen molar-refractivity contribution in [3.05, 3.63) is 24.3 Å². The van der Waals surface area contributed by atoms with Crippen LogP contribution in [0.1, 0.15) is 341 Å². The Hall–Kier alpha value is -1.86. The predicted molar refractivity (Wildman–Crippen MR) is 334 cm³/mol. The first-order valence-electron chi connectivity index (χ1n) is 34.6. The summed E-state index contributed by atoms with van der Waals surface area (Å²) in [6.45, 7) is 4.37.